The van der Waals surface area contributed by atoms with Crippen molar-refractivity contribution in [1.82, 2.24) is 5.32 Å². The zero-order chi connectivity index (χ0) is 10.7. The molecule has 1 aliphatic heterocycles. The van der Waals surface area contributed by atoms with Crippen LogP contribution in [0.25, 0.3) is 6.08 Å². The Labute approximate surface area is 91.6 Å². The van der Waals surface area contributed by atoms with Gasteiger partial charge < -0.3 is 4.90 Å². The molecule has 0 spiro atoms. The molecule has 2 heteroatoms. The lowest BCUT2D eigenvalue weighted by Gasteiger charge is -2.22. The van der Waals surface area contributed by atoms with E-state index >= 15 is 0 Å². The highest BCUT2D eigenvalue weighted by atomic mass is 15.1. The summed E-state index contributed by atoms with van der Waals surface area (Å²) in [5, 5.41) is 4.24. The van der Waals surface area contributed by atoms with Crippen LogP contribution in [0.3, 0.4) is 0 Å². The summed E-state index contributed by atoms with van der Waals surface area (Å²) < 4.78 is 0. The number of rotatable bonds is 3. The standard InChI is InChI=1S/C13H17N2/c1-3-15(4-2)13-6-5-12-10-14-8-7-11(12)9-13/h5-9H,3-4,10H2,1-2H3. The second-order valence-electron chi connectivity index (χ2n) is 3.71. The van der Waals surface area contributed by atoms with Crippen LogP contribution in [0.4, 0.5) is 5.69 Å². The van der Waals surface area contributed by atoms with Crippen LogP contribution in [0, 0.1) is 0 Å². The first kappa shape index (κ1) is 10.1. The maximum Gasteiger partial charge on any atom is 0.0645 e. The Morgan fingerprint density at radius 1 is 1.27 bits per heavy atom. The summed E-state index contributed by atoms with van der Waals surface area (Å²) in [5.74, 6) is 0. The zero-order valence-electron chi connectivity index (χ0n) is 9.40. The normalized spacial score (nSPS) is 13.2. The molecule has 0 saturated carbocycles. The average Bonchev–Trinajstić information content (AvgIpc) is 2.30. The minimum absolute atomic E-state index is 0.824. The molecule has 0 aliphatic carbocycles. The van der Waals surface area contributed by atoms with E-state index in [4.69, 9.17) is 0 Å². The first-order valence-corrected chi connectivity index (χ1v) is 5.56. The lowest BCUT2D eigenvalue weighted by atomic mass is 10.0. The predicted molar refractivity (Wildman–Crippen MR) is 64.9 cm³/mol. The van der Waals surface area contributed by atoms with Crippen LogP contribution in [-0.2, 0) is 6.54 Å². The van der Waals surface area contributed by atoms with E-state index in [1.807, 2.05) is 6.20 Å². The van der Waals surface area contributed by atoms with Crippen molar-refractivity contribution in [1.29, 1.82) is 0 Å². The molecule has 15 heavy (non-hydrogen) atoms. The molecule has 1 aromatic carbocycles. The number of hydrogen-bond donors (Lipinski definition) is 0. The highest BCUT2D eigenvalue weighted by molar-refractivity contribution is 5.62. The molecular weight excluding hydrogens is 184 g/mol. The monoisotopic (exact) mass is 201 g/mol. The van der Waals surface area contributed by atoms with E-state index < -0.39 is 0 Å². The van der Waals surface area contributed by atoms with Crippen LogP contribution < -0.4 is 10.2 Å². The third kappa shape index (κ3) is 1.99. The highest BCUT2D eigenvalue weighted by Gasteiger charge is 2.07. The Morgan fingerprint density at radius 3 is 2.80 bits per heavy atom. The number of fused-ring (bicyclic) bond motifs is 1. The van der Waals surface area contributed by atoms with E-state index in [1.165, 1.54) is 16.8 Å². The van der Waals surface area contributed by atoms with Gasteiger partial charge in [0.2, 0.25) is 0 Å². The van der Waals surface area contributed by atoms with Crippen molar-refractivity contribution in [3.05, 3.63) is 35.5 Å². The van der Waals surface area contributed by atoms with Gasteiger partial charge in [-0.15, -0.1) is 0 Å². The van der Waals surface area contributed by atoms with Crippen molar-refractivity contribution in [3.8, 4) is 0 Å². The molecule has 0 aromatic heterocycles. The van der Waals surface area contributed by atoms with E-state index in [0.29, 0.717) is 0 Å². The summed E-state index contributed by atoms with van der Waals surface area (Å²) in [6.45, 7) is 7.32. The van der Waals surface area contributed by atoms with Gasteiger partial charge in [-0.2, -0.15) is 0 Å². The van der Waals surface area contributed by atoms with Crippen molar-refractivity contribution in [2.45, 2.75) is 20.4 Å². The summed E-state index contributed by atoms with van der Waals surface area (Å²) in [4.78, 5) is 2.36. The molecule has 0 fully saturated rings. The lowest BCUT2D eigenvalue weighted by Crippen LogP contribution is -2.22. The van der Waals surface area contributed by atoms with Crippen molar-refractivity contribution in [3.63, 3.8) is 0 Å². The van der Waals surface area contributed by atoms with Gasteiger partial charge in [-0.1, -0.05) is 6.07 Å². The summed E-state index contributed by atoms with van der Waals surface area (Å²) >= 11 is 0. The van der Waals surface area contributed by atoms with Gasteiger partial charge in [0.1, 0.15) is 0 Å². The van der Waals surface area contributed by atoms with Crippen LogP contribution in [0.15, 0.2) is 24.4 Å². The number of anilines is 1. The summed E-state index contributed by atoms with van der Waals surface area (Å²) in [5.41, 5.74) is 3.95. The highest BCUT2D eigenvalue weighted by Crippen LogP contribution is 2.22. The molecule has 2 rings (SSSR count). The Hall–Kier alpha value is -1.44. The van der Waals surface area contributed by atoms with E-state index in [0.717, 1.165) is 19.6 Å². The third-order valence-corrected chi connectivity index (χ3v) is 2.88. The van der Waals surface area contributed by atoms with E-state index in [9.17, 15) is 0 Å². The smallest absolute Gasteiger partial charge is 0.0645 e. The first-order chi connectivity index (χ1) is 7.35. The van der Waals surface area contributed by atoms with Gasteiger partial charge in [0, 0.05) is 25.0 Å². The van der Waals surface area contributed by atoms with Crippen LogP contribution in [0.5, 0.6) is 0 Å². The molecule has 1 aliphatic rings. The second-order valence-corrected chi connectivity index (χ2v) is 3.71. The van der Waals surface area contributed by atoms with Crippen LogP contribution >= 0.6 is 0 Å². The molecule has 0 N–H and O–H groups in total. The van der Waals surface area contributed by atoms with Crippen LogP contribution in [0.2, 0.25) is 0 Å². The molecule has 2 nitrogen and oxygen atoms in total. The largest absolute Gasteiger partial charge is 0.372 e. The first-order valence-electron chi connectivity index (χ1n) is 5.56. The van der Waals surface area contributed by atoms with E-state index in [2.05, 4.69) is 48.3 Å². The fraction of sp³-hybridized carbons (Fsp3) is 0.385. The van der Waals surface area contributed by atoms with Gasteiger partial charge in [0.15, 0.2) is 0 Å². The predicted octanol–water partition coefficient (Wildman–Crippen LogP) is 2.62. The van der Waals surface area contributed by atoms with Gasteiger partial charge in [-0.05, 0) is 43.2 Å². The molecular formula is C13H17N2. The van der Waals surface area contributed by atoms with Gasteiger partial charge in [-0.25, -0.2) is 0 Å². The van der Waals surface area contributed by atoms with Gasteiger partial charge in [0.25, 0.3) is 0 Å². The number of hydrogen-bond acceptors (Lipinski definition) is 1. The zero-order valence-corrected chi connectivity index (χ0v) is 9.40. The Balaban J connectivity index is 2.32. The fourth-order valence-electron chi connectivity index (χ4n) is 1.95. The quantitative estimate of drug-likeness (QED) is 0.735. The van der Waals surface area contributed by atoms with Gasteiger partial charge in [0.05, 0.1) is 6.54 Å². The molecule has 0 amide bonds. The molecule has 0 unspecified atom stereocenters. The van der Waals surface area contributed by atoms with Crippen molar-refractivity contribution < 1.29 is 0 Å². The topological polar surface area (TPSA) is 17.3 Å². The maximum absolute atomic E-state index is 4.24. The summed E-state index contributed by atoms with van der Waals surface area (Å²) in [6.07, 6.45) is 3.99. The van der Waals surface area contributed by atoms with Crippen LogP contribution in [0.1, 0.15) is 25.0 Å². The molecule has 1 heterocycles. The molecule has 0 bridgehead atoms. The summed E-state index contributed by atoms with van der Waals surface area (Å²) in [6, 6.07) is 6.64. The van der Waals surface area contributed by atoms with Crippen molar-refractivity contribution in [2.75, 3.05) is 18.0 Å². The van der Waals surface area contributed by atoms with Crippen LogP contribution in [-0.4, -0.2) is 13.1 Å². The third-order valence-electron chi connectivity index (χ3n) is 2.88. The van der Waals surface area contributed by atoms with Gasteiger partial charge in [-0.3, -0.25) is 5.32 Å². The number of benzene rings is 1. The fourth-order valence-corrected chi connectivity index (χ4v) is 1.95. The molecule has 1 radical (unpaired) electrons. The average molecular weight is 201 g/mol. The SMILES string of the molecule is CCN(CC)c1ccc2c(c1)C=C[N]C2. The van der Waals surface area contributed by atoms with E-state index in [-0.39, 0.29) is 0 Å². The van der Waals surface area contributed by atoms with Gasteiger partial charge >= 0.3 is 0 Å². The summed E-state index contributed by atoms with van der Waals surface area (Å²) in [7, 11) is 0. The Bertz CT molecular complexity index is 365. The number of nitrogens with zero attached hydrogens (tertiary/aromatic N) is 2. The minimum atomic E-state index is 0.824. The van der Waals surface area contributed by atoms with Crippen molar-refractivity contribution >= 4 is 11.8 Å². The second kappa shape index (κ2) is 4.39. The van der Waals surface area contributed by atoms with E-state index in [1.54, 1.807) is 0 Å². The molecule has 0 saturated heterocycles. The minimum Gasteiger partial charge on any atom is -0.372 e. The molecule has 1 aromatic rings. The lowest BCUT2D eigenvalue weighted by molar-refractivity contribution is 0.835. The maximum atomic E-state index is 4.24. The Morgan fingerprint density at radius 2 is 2.07 bits per heavy atom. The van der Waals surface area contributed by atoms with Crippen molar-refractivity contribution in [2.24, 2.45) is 0 Å². The Kier molecular flexibility index (Phi) is 2.95. The molecule has 79 valence electrons. The molecule has 0 atom stereocenters.